The summed E-state index contributed by atoms with van der Waals surface area (Å²) in [5.41, 5.74) is 5.55. The van der Waals surface area contributed by atoms with Gasteiger partial charge in [-0.1, -0.05) is 0 Å². The van der Waals surface area contributed by atoms with Crippen molar-refractivity contribution in [1.82, 2.24) is 4.90 Å². The van der Waals surface area contributed by atoms with Crippen LogP contribution in [0.5, 0.6) is 0 Å². The van der Waals surface area contributed by atoms with E-state index in [1.807, 2.05) is 0 Å². The van der Waals surface area contributed by atoms with Crippen molar-refractivity contribution in [2.45, 2.75) is 24.4 Å². The van der Waals surface area contributed by atoms with Crippen LogP contribution in [0.3, 0.4) is 0 Å². The maximum absolute atomic E-state index is 12.0. The van der Waals surface area contributed by atoms with Crippen molar-refractivity contribution in [2.24, 2.45) is 16.6 Å². The molecule has 0 spiro atoms. The third-order valence-corrected chi connectivity index (χ3v) is 3.60. The second-order valence-electron chi connectivity index (χ2n) is 5.02. The molecular weight excluding hydrogens is 298 g/mol. The summed E-state index contributed by atoms with van der Waals surface area (Å²) in [6.07, 6.45) is -2.80. The van der Waals surface area contributed by atoms with Gasteiger partial charge in [-0.05, 0) is 0 Å². The first-order chi connectivity index (χ1) is 10.3. The van der Waals surface area contributed by atoms with E-state index in [4.69, 9.17) is 20.7 Å². The van der Waals surface area contributed by atoms with E-state index in [1.165, 1.54) is 4.90 Å². The molecule has 5 atom stereocenters. The van der Waals surface area contributed by atoms with Crippen LogP contribution in [-0.2, 0) is 14.3 Å². The van der Waals surface area contributed by atoms with E-state index in [9.17, 15) is 19.8 Å². The molecule has 10 heteroatoms. The minimum absolute atomic E-state index is 0.0649. The Bertz CT molecular complexity index is 521. The third kappa shape index (κ3) is 3.09. The topological polar surface area (TPSA) is 166 Å². The number of aliphatic hydroxyl groups excluding tert-OH is 3. The van der Waals surface area contributed by atoms with Crippen molar-refractivity contribution in [3.63, 3.8) is 0 Å². The van der Waals surface area contributed by atoms with E-state index < -0.39 is 48.8 Å². The molecule has 6 N–H and O–H groups in total. The summed E-state index contributed by atoms with van der Waals surface area (Å²) in [5.74, 6) is -2.97. The predicted octanol–water partition coefficient (Wildman–Crippen LogP) is -3.16. The van der Waals surface area contributed by atoms with Crippen molar-refractivity contribution in [3.8, 4) is 0 Å². The lowest BCUT2D eigenvalue weighted by Crippen LogP contribution is -2.50. The van der Waals surface area contributed by atoms with E-state index in [2.05, 4.69) is 4.99 Å². The number of aliphatic imine (C=N–C) groups is 1. The molecule has 0 aromatic carbocycles. The normalized spacial score (nSPS) is 36.0. The zero-order valence-corrected chi connectivity index (χ0v) is 11.4. The first-order valence-corrected chi connectivity index (χ1v) is 6.53. The number of guanidine groups is 1. The van der Waals surface area contributed by atoms with Gasteiger partial charge in [0.1, 0.15) is 24.4 Å². The maximum Gasteiger partial charge on any atom is 0.329 e. The first-order valence-electron chi connectivity index (χ1n) is 6.53. The SMILES string of the molecule is NC1=NC(=O)C(C2OC(CO)C(O)C2O)CN1C=CC(=O)O. The molecular formula is C12H17N3O7. The highest BCUT2D eigenvalue weighted by molar-refractivity contribution is 5.97. The van der Waals surface area contributed by atoms with Crippen LogP contribution >= 0.6 is 0 Å². The van der Waals surface area contributed by atoms with Gasteiger partial charge < -0.3 is 35.8 Å². The summed E-state index contributed by atoms with van der Waals surface area (Å²) in [5, 5.41) is 37.4. The average Bonchev–Trinajstić information content (AvgIpc) is 2.74. The minimum atomic E-state index is -1.37. The Morgan fingerprint density at radius 3 is 2.68 bits per heavy atom. The van der Waals surface area contributed by atoms with Gasteiger partial charge in [-0.15, -0.1) is 0 Å². The number of hydrogen-bond acceptors (Lipinski definition) is 8. The number of amides is 1. The lowest BCUT2D eigenvalue weighted by atomic mass is 9.94. The van der Waals surface area contributed by atoms with Crippen molar-refractivity contribution in [1.29, 1.82) is 0 Å². The van der Waals surface area contributed by atoms with Gasteiger partial charge in [0.25, 0.3) is 5.91 Å². The van der Waals surface area contributed by atoms with Gasteiger partial charge in [-0.2, -0.15) is 4.99 Å². The number of aliphatic hydroxyl groups is 3. The molecule has 2 rings (SSSR count). The van der Waals surface area contributed by atoms with Gasteiger partial charge in [0, 0.05) is 18.8 Å². The molecule has 122 valence electrons. The quantitative estimate of drug-likeness (QED) is 0.336. The fraction of sp³-hybridized carbons (Fsp3) is 0.583. The fourth-order valence-electron chi connectivity index (χ4n) is 2.44. The molecule has 10 nitrogen and oxygen atoms in total. The Kier molecular flexibility index (Phi) is 4.76. The van der Waals surface area contributed by atoms with Crippen LogP contribution in [-0.4, -0.2) is 80.7 Å². The number of nitrogens with two attached hydrogens (primary N) is 1. The van der Waals surface area contributed by atoms with E-state index in [1.54, 1.807) is 0 Å². The fourth-order valence-corrected chi connectivity index (χ4v) is 2.44. The van der Waals surface area contributed by atoms with Crippen LogP contribution in [0.1, 0.15) is 0 Å². The Hall–Kier alpha value is -2.01. The zero-order valence-electron chi connectivity index (χ0n) is 11.4. The van der Waals surface area contributed by atoms with Crippen molar-refractivity contribution in [2.75, 3.05) is 13.2 Å². The highest BCUT2D eigenvalue weighted by Gasteiger charge is 2.49. The lowest BCUT2D eigenvalue weighted by Gasteiger charge is -2.31. The van der Waals surface area contributed by atoms with Crippen molar-refractivity contribution < 1.29 is 34.8 Å². The van der Waals surface area contributed by atoms with Gasteiger partial charge in [0.15, 0.2) is 0 Å². The average molecular weight is 315 g/mol. The highest BCUT2D eigenvalue weighted by atomic mass is 16.6. The molecule has 0 saturated carbocycles. The van der Waals surface area contributed by atoms with E-state index in [-0.39, 0.29) is 12.5 Å². The Morgan fingerprint density at radius 1 is 1.45 bits per heavy atom. The molecule has 5 unspecified atom stereocenters. The lowest BCUT2D eigenvalue weighted by molar-refractivity contribution is -0.131. The number of rotatable bonds is 4. The van der Waals surface area contributed by atoms with E-state index in [0.29, 0.717) is 0 Å². The summed E-state index contributed by atoms with van der Waals surface area (Å²) in [6.45, 7) is -0.575. The largest absolute Gasteiger partial charge is 0.478 e. The van der Waals surface area contributed by atoms with Gasteiger partial charge in [0.2, 0.25) is 5.96 Å². The summed E-state index contributed by atoms with van der Waals surface area (Å²) in [6, 6.07) is 0. The van der Waals surface area contributed by atoms with Gasteiger partial charge >= 0.3 is 5.97 Å². The molecule has 0 bridgehead atoms. The predicted molar refractivity (Wildman–Crippen MR) is 71.4 cm³/mol. The first kappa shape index (κ1) is 16.4. The maximum atomic E-state index is 12.0. The minimum Gasteiger partial charge on any atom is -0.478 e. The zero-order chi connectivity index (χ0) is 16.4. The molecule has 2 aliphatic heterocycles. The molecule has 2 heterocycles. The van der Waals surface area contributed by atoms with Gasteiger partial charge in [-0.25, -0.2) is 4.79 Å². The molecule has 0 aliphatic carbocycles. The number of aliphatic carboxylic acids is 1. The molecule has 0 radical (unpaired) electrons. The van der Waals surface area contributed by atoms with Crippen LogP contribution < -0.4 is 5.73 Å². The monoisotopic (exact) mass is 315 g/mol. The summed E-state index contributed by atoms with van der Waals surface area (Å²) in [4.78, 5) is 27.3. The van der Waals surface area contributed by atoms with Crippen molar-refractivity contribution in [3.05, 3.63) is 12.3 Å². The Labute approximate surface area is 125 Å². The van der Waals surface area contributed by atoms with E-state index >= 15 is 0 Å². The number of carbonyl (C=O) groups is 2. The molecule has 2 aliphatic rings. The van der Waals surface area contributed by atoms with Gasteiger partial charge in [-0.3, -0.25) is 4.79 Å². The summed E-state index contributed by atoms with van der Waals surface area (Å²) < 4.78 is 5.31. The number of hydrogen-bond donors (Lipinski definition) is 5. The number of carboxylic acid groups (broad SMARTS) is 1. The highest BCUT2D eigenvalue weighted by Crippen LogP contribution is 2.29. The number of carboxylic acids is 1. The number of ether oxygens (including phenoxy) is 1. The molecule has 22 heavy (non-hydrogen) atoms. The van der Waals surface area contributed by atoms with Crippen LogP contribution in [0.25, 0.3) is 0 Å². The molecule has 1 fully saturated rings. The number of carbonyl (C=O) groups excluding carboxylic acids is 1. The Morgan fingerprint density at radius 2 is 2.14 bits per heavy atom. The second-order valence-corrected chi connectivity index (χ2v) is 5.02. The third-order valence-electron chi connectivity index (χ3n) is 3.60. The molecule has 0 aromatic heterocycles. The standard InChI is InChI=1S/C12H17N3O7/c13-12-14-11(21)5(3-15(12)2-1-7(17)18)10-9(20)8(19)6(4-16)22-10/h1-2,5-6,8-10,16,19-20H,3-4H2,(H,17,18)(H2,13,14,21). The Balaban J connectivity index is 2.18. The van der Waals surface area contributed by atoms with Crippen molar-refractivity contribution >= 4 is 17.8 Å². The van der Waals surface area contributed by atoms with Gasteiger partial charge in [0.05, 0.1) is 12.5 Å². The van der Waals surface area contributed by atoms with Crippen LogP contribution in [0, 0.1) is 5.92 Å². The van der Waals surface area contributed by atoms with Crippen LogP contribution in [0.4, 0.5) is 0 Å². The summed E-state index contributed by atoms with van der Waals surface area (Å²) >= 11 is 0. The molecule has 0 aromatic rings. The number of nitrogens with zero attached hydrogens (tertiary/aromatic N) is 2. The van der Waals surface area contributed by atoms with Crippen LogP contribution in [0.2, 0.25) is 0 Å². The molecule has 1 saturated heterocycles. The van der Waals surface area contributed by atoms with Crippen LogP contribution in [0.15, 0.2) is 17.3 Å². The van der Waals surface area contributed by atoms with E-state index in [0.717, 1.165) is 12.3 Å². The smallest absolute Gasteiger partial charge is 0.329 e. The second kappa shape index (κ2) is 6.40. The molecule has 1 amide bonds. The summed E-state index contributed by atoms with van der Waals surface area (Å²) in [7, 11) is 0.